The Bertz CT molecular complexity index is 411. The molecule has 6 heteroatoms. The van der Waals surface area contributed by atoms with Crippen LogP contribution in [0.4, 0.5) is 0 Å². The number of carbonyl (C=O) groups is 1. The van der Waals surface area contributed by atoms with Gasteiger partial charge in [-0.25, -0.2) is 0 Å². The van der Waals surface area contributed by atoms with Crippen molar-refractivity contribution in [1.82, 2.24) is 25.0 Å². The molecule has 6 nitrogen and oxygen atoms in total. The van der Waals surface area contributed by atoms with E-state index in [0.29, 0.717) is 6.54 Å². The number of carbonyl (C=O) groups excluding carboxylic acids is 1. The zero-order valence-electron chi connectivity index (χ0n) is 11.8. The molecule has 1 aliphatic rings. The lowest BCUT2D eigenvalue weighted by atomic mass is 10.1. The lowest BCUT2D eigenvalue weighted by molar-refractivity contribution is -0.126. The van der Waals surface area contributed by atoms with Gasteiger partial charge < -0.3 is 9.88 Å². The monoisotopic (exact) mass is 265 g/mol. The van der Waals surface area contributed by atoms with Crippen LogP contribution in [0.3, 0.4) is 0 Å². The number of hydrogen-bond acceptors (Lipinski definition) is 4. The van der Waals surface area contributed by atoms with Gasteiger partial charge in [0.25, 0.3) is 0 Å². The van der Waals surface area contributed by atoms with E-state index < -0.39 is 0 Å². The van der Waals surface area contributed by atoms with Crippen molar-refractivity contribution >= 4 is 5.91 Å². The van der Waals surface area contributed by atoms with Gasteiger partial charge in [-0.2, -0.15) is 0 Å². The van der Waals surface area contributed by atoms with E-state index in [1.54, 1.807) is 6.33 Å². The van der Waals surface area contributed by atoms with Gasteiger partial charge in [-0.15, -0.1) is 10.2 Å². The highest BCUT2D eigenvalue weighted by Gasteiger charge is 2.22. The van der Waals surface area contributed by atoms with E-state index in [0.717, 1.165) is 25.3 Å². The van der Waals surface area contributed by atoms with E-state index in [4.69, 9.17) is 0 Å². The van der Waals surface area contributed by atoms with Crippen LogP contribution in [0.5, 0.6) is 0 Å². The predicted octanol–water partition coefficient (Wildman–Crippen LogP) is 0.348. The Balaban J connectivity index is 1.73. The van der Waals surface area contributed by atoms with Crippen LogP contribution < -0.4 is 5.32 Å². The second-order valence-corrected chi connectivity index (χ2v) is 5.17. The quantitative estimate of drug-likeness (QED) is 0.834. The molecule has 19 heavy (non-hydrogen) atoms. The molecule has 1 amide bonds. The van der Waals surface area contributed by atoms with Gasteiger partial charge in [0.05, 0.1) is 6.04 Å². The van der Waals surface area contributed by atoms with Gasteiger partial charge in [0.2, 0.25) is 5.91 Å². The molecule has 1 saturated heterocycles. The van der Waals surface area contributed by atoms with E-state index >= 15 is 0 Å². The molecule has 1 atom stereocenters. The maximum Gasteiger partial charge on any atom is 0.237 e. The van der Waals surface area contributed by atoms with Crippen molar-refractivity contribution in [1.29, 1.82) is 0 Å². The summed E-state index contributed by atoms with van der Waals surface area (Å²) in [6.45, 7) is 4.68. The van der Waals surface area contributed by atoms with E-state index in [1.807, 2.05) is 18.5 Å². The molecule has 0 aromatic carbocycles. The summed E-state index contributed by atoms with van der Waals surface area (Å²) in [7, 11) is 1.91. The van der Waals surface area contributed by atoms with Crippen LogP contribution in [-0.2, 0) is 18.3 Å². The van der Waals surface area contributed by atoms with Crippen molar-refractivity contribution in [2.45, 2.75) is 38.6 Å². The van der Waals surface area contributed by atoms with Crippen molar-refractivity contribution in [3.05, 3.63) is 12.2 Å². The van der Waals surface area contributed by atoms with Crippen molar-refractivity contribution in [3.8, 4) is 0 Å². The molecule has 1 N–H and O–H groups in total. The molecule has 0 spiro atoms. The zero-order valence-corrected chi connectivity index (χ0v) is 11.8. The highest BCUT2D eigenvalue weighted by molar-refractivity contribution is 5.81. The number of likely N-dealkylation sites (tertiary alicyclic amines) is 1. The number of piperidine rings is 1. The fourth-order valence-electron chi connectivity index (χ4n) is 2.45. The number of nitrogens with zero attached hydrogens (tertiary/aromatic N) is 4. The molecule has 106 valence electrons. The number of rotatable bonds is 5. The van der Waals surface area contributed by atoms with Crippen LogP contribution in [0.15, 0.2) is 6.33 Å². The maximum atomic E-state index is 12.1. The molecule has 0 radical (unpaired) electrons. The second-order valence-electron chi connectivity index (χ2n) is 5.17. The first-order valence-corrected chi connectivity index (χ1v) is 7.03. The average Bonchev–Trinajstić information content (AvgIpc) is 2.84. The highest BCUT2D eigenvalue weighted by atomic mass is 16.2. The van der Waals surface area contributed by atoms with Crippen LogP contribution in [0.25, 0.3) is 0 Å². The van der Waals surface area contributed by atoms with Crippen LogP contribution in [0, 0.1) is 0 Å². The van der Waals surface area contributed by atoms with Crippen molar-refractivity contribution in [3.63, 3.8) is 0 Å². The zero-order chi connectivity index (χ0) is 13.7. The topological polar surface area (TPSA) is 63.1 Å². The molecule has 0 aliphatic carbocycles. The number of aromatic nitrogens is 3. The Morgan fingerprint density at radius 2 is 2.16 bits per heavy atom. The molecule has 0 unspecified atom stereocenters. The maximum absolute atomic E-state index is 12.1. The van der Waals surface area contributed by atoms with Crippen molar-refractivity contribution in [2.75, 3.05) is 19.6 Å². The summed E-state index contributed by atoms with van der Waals surface area (Å²) in [5.74, 6) is 1.01. The van der Waals surface area contributed by atoms with Gasteiger partial charge in [0.1, 0.15) is 12.2 Å². The number of nitrogens with one attached hydrogen (secondary N) is 1. The van der Waals surface area contributed by atoms with Gasteiger partial charge in [-0.3, -0.25) is 9.69 Å². The van der Waals surface area contributed by atoms with E-state index in [-0.39, 0.29) is 11.9 Å². The Labute approximate surface area is 114 Å². The smallest absolute Gasteiger partial charge is 0.237 e. The average molecular weight is 265 g/mol. The molecule has 0 bridgehead atoms. The molecule has 1 aromatic rings. The van der Waals surface area contributed by atoms with Crippen LogP contribution in [-0.4, -0.2) is 51.2 Å². The summed E-state index contributed by atoms with van der Waals surface area (Å²) in [6.07, 6.45) is 6.09. The molecule has 2 heterocycles. The van der Waals surface area contributed by atoms with Gasteiger partial charge in [-0.05, 0) is 32.9 Å². The lowest BCUT2D eigenvalue weighted by Gasteiger charge is -2.31. The summed E-state index contributed by atoms with van der Waals surface area (Å²) >= 11 is 0. The summed E-state index contributed by atoms with van der Waals surface area (Å²) in [5, 5.41) is 10.8. The predicted molar refractivity (Wildman–Crippen MR) is 72.6 cm³/mol. The number of aryl methyl sites for hydroxylation is 1. The van der Waals surface area contributed by atoms with Crippen LogP contribution in [0.1, 0.15) is 32.0 Å². The van der Waals surface area contributed by atoms with E-state index in [9.17, 15) is 4.79 Å². The first-order valence-electron chi connectivity index (χ1n) is 7.03. The van der Waals surface area contributed by atoms with E-state index in [2.05, 4.69) is 20.4 Å². The Morgan fingerprint density at radius 1 is 1.42 bits per heavy atom. The molecule has 1 aliphatic heterocycles. The van der Waals surface area contributed by atoms with Gasteiger partial charge in [-0.1, -0.05) is 6.42 Å². The van der Waals surface area contributed by atoms with Gasteiger partial charge in [0, 0.05) is 20.0 Å². The largest absolute Gasteiger partial charge is 0.354 e. The van der Waals surface area contributed by atoms with Gasteiger partial charge >= 0.3 is 0 Å². The second kappa shape index (κ2) is 6.65. The molecule has 1 fully saturated rings. The fraction of sp³-hybridized carbons (Fsp3) is 0.769. The Hall–Kier alpha value is -1.43. The standard InChI is InChI=1S/C13H23N5O/c1-11(18-8-4-3-5-9-18)13(19)14-7-6-12-16-15-10-17(12)2/h10-11H,3-9H2,1-2H3,(H,14,19)/t11-/m0/s1. The Kier molecular flexibility index (Phi) is 4.90. The number of amides is 1. The normalized spacial score (nSPS) is 18.2. The molecular formula is C13H23N5O. The third-order valence-corrected chi connectivity index (χ3v) is 3.77. The van der Waals surface area contributed by atoms with Gasteiger partial charge in [0.15, 0.2) is 0 Å². The summed E-state index contributed by atoms with van der Waals surface area (Å²) < 4.78 is 1.88. The van der Waals surface area contributed by atoms with Crippen molar-refractivity contribution in [2.24, 2.45) is 7.05 Å². The SMILES string of the molecule is C[C@@H](C(=O)NCCc1nncn1C)N1CCCCC1. The molecular weight excluding hydrogens is 242 g/mol. The first kappa shape index (κ1) is 14.0. The third kappa shape index (κ3) is 3.76. The minimum Gasteiger partial charge on any atom is -0.354 e. The fourth-order valence-corrected chi connectivity index (χ4v) is 2.45. The highest BCUT2D eigenvalue weighted by Crippen LogP contribution is 2.11. The lowest BCUT2D eigenvalue weighted by Crippen LogP contribution is -2.47. The Morgan fingerprint density at radius 3 is 2.79 bits per heavy atom. The summed E-state index contributed by atoms with van der Waals surface area (Å²) in [6, 6.07) is -0.0280. The van der Waals surface area contributed by atoms with E-state index in [1.165, 1.54) is 19.3 Å². The third-order valence-electron chi connectivity index (χ3n) is 3.77. The van der Waals surface area contributed by atoms with Crippen LogP contribution in [0.2, 0.25) is 0 Å². The van der Waals surface area contributed by atoms with Crippen molar-refractivity contribution < 1.29 is 4.79 Å². The molecule has 0 saturated carbocycles. The molecule has 1 aromatic heterocycles. The first-order chi connectivity index (χ1) is 9.18. The summed E-state index contributed by atoms with van der Waals surface area (Å²) in [4.78, 5) is 14.3. The van der Waals surface area contributed by atoms with Crippen LogP contribution >= 0.6 is 0 Å². The minimum atomic E-state index is -0.0280. The molecule has 2 rings (SSSR count). The minimum absolute atomic E-state index is 0.0280. The number of hydrogen-bond donors (Lipinski definition) is 1. The summed E-state index contributed by atoms with van der Waals surface area (Å²) in [5.41, 5.74) is 0.